The van der Waals surface area contributed by atoms with Gasteiger partial charge in [-0.3, -0.25) is 5.32 Å². The van der Waals surface area contributed by atoms with Crippen LogP contribution in [0.3, 0.4) is 0 Å². The van der Waals surface area contributed by atoms with Crippen LogP contribution in [0.15, 0.2) is 0 Å². The molecule has 0 aromatic heterocycles. The molecule has 2 fully saturated rings. The Morgan fingerprint density at radius 2 is 1.76 bits per heavy atom. The van der Waals surface area contributed by atoms with Crippen molar-refractivity contribution in [1.82, 2.24) is 5.32 Å². The fraction of sp³-hybridized carbons (Fsp3) is 1.00. The van der Waals surface area contributed by atoms with Crippen LogP contribution in [0.25, 0.3) is 0 Å². The fourth-order valence-corrected chi connectivity index (χ4v) is 3.32. The summed E-state index contributed by atoms with van der Waals surface area (Å²) in [7, 11) is 0. The molecule has 1 aliphatic heterocycles. The van der Waals surface area contributed by atoms with Crippen molar-refractivity contribution >= 4 is 0 Å². The van der Waals surface area contributed by atoms with Gasteiger partial charge in [0.2, 0.25) is 0 Å². The third-order valence-corrected chi connectivity index (χ3v) is 5.43. The SMILES string of the molecule is CCC1CCC2(CC1)NCC(CC)(CC)CO2. The summed E-state index contributed by atoms with van der Waals surface area (Å²) >= 11 is 0. The summed E-state index contributed by atoms with van der Waals surface area (Å²) < 4.78 is 6.29. The summed E-state index contributed by atoms with van der Waals surface area (Å²) in [5.41, 5.74) is 0.437. The van der Waals surface area contributed by atoms with Gasteiger partial charge in [-0.15, -0.1) is 0 Å². The van der Waals surface area contributed by atoms with Gasteiger partial charge < -0.3 is 4.74 Å². The van der Waals surface area contributed by atoms with Crippen LogP contribution in [0.4, 0.5) is 0 Å². The van der Waals surface area contributed by atoms with E-state index in [1.807, 2.05) is 0 Å². The van der Waals surface area contributed by atoms with E-state index in [9.17, 15) is 0 Å². The standard InChI is InChI=1S/C15H29NO/c1-4-13-7-9-15(10-8-13)16-11-14(5-2,6-3)12-17-15/h13,16H,4-12H2,1-3H3. The fourth-order valence-electron chi connectivity index (χ4n) is 3.32. The van der Waals surface area contributed by atoms with E-state index in [1.165, 1.54) is 44.9 Å². The van der Waals surface area contributed by atoms with Gasteiger partial charge in [0.05, 0.1) is 6.61 Å². The minimum absolute atomic E-state index is 0.0412. The van der Waals surface area contributed by atoms with Crippen LogP contribution in [0.2, 0.25) is 0 Å². The second-order valence-electron chi connectivity index (χ2n) is 6.20. The van der Waals surface area contributed by atoms with Gasteiger partial charge in [-0.05, 0) is 44.4 Å². The molecule has 2 rings (SSSR count). The lowest BCUT2D eigenvalue weighted by Crippen LogP contribution is -2.60. The average molecular weight is 239 g/mol. The van der Waals surface area contributed by atoms with Gasteiger partial charge in [0.15, 0.2) is 0 Å². The van der Waals surface area contributed by atoms with Gasteiger partial charge in [0.1, 0.15) is 5.72 Å². The van der Waals surface area contributed by atoms with E-state index in [1.54, 1.807) is 0 Å². The molecule has 2 aliphatic rings. The van der Waals surface area contributed by atoms with Gasteiger partial charge in [-0.25, -0.2) is 0 Å². The van der Waals surface area contributed by atoms with Gasteiger partial charge in [0, 0.05) is 12.0 Å². The maximum absolute atomic E-state index is 6.29. The molecule has 0 bridgehead atoms. The zero-order valence-corrected chi connectivity index (χ0v) is 11.8. The quantitative estimate of drug-likeness (QED) is 0.810. The normalized spacial score (nSPS) is 37.2. The third-order valence-electron chi connectivity index (χ3n) is 5.43. The molecular formula is C15H29NO. The van der Waals surface area contributed by atoms with Crippen molar-refractivity contribution in [2.75, 3.05) is 13.2 Å². The smallest absolute Gasteiger partial charge is 0.119 e. The van der Waals surface area contributed by atoms with E-state index in [2.05, 4.69) is 26.1 Å². The van der Waals surface area contributed by atoms with Gasteiger partial charge in [-0.2, -0.15) is 0 Å². The first-order valence-electron chi connectivity index (χ1n) is 7.56. The molecule has 0 aromatic carbocycles. The highest BCUT2D eigenvalue weighted by atomic mass is 16.5. The minimum Gasteiger partial charge on any atom is -0.360 e. The van der Waals surface area contributed by atoms with Crippen LogP contribution in [0, 0.1) is 11.3 Å². The number of ether oxygens (including phenoxy) is 1. The van der Waals surface area contributed by atoms with Crippen LogP contribution in [0.5, 0.6) is 0 Å². The zero-order valence-electron chi connectivity index (χ0n) is 11.8. The molecule has 2 nitrogen and oxygen atoms in total. The predicted octanol–water partition coefficient (Wildman–Crippen LogP) is 3.71. The molecule has 0 radical (unpaired) electrons. The van der Waals surface area contributed by atoms with Crippen LogP contribution < -0.4 is 5.32 Å². The maximum atomic E-state index is 6.29. The molecule has 1 N–H and O–H groups in total. The molecule has 0 amide bonds. The highest BCUT2D eigenvalue weighted by Crippen LogP contribution is 2.40. The van der Waals surface area contributed by atoms with Crippen LogP contribution in [-0.4, -0.2) is 18.9 Å². The van der Waals surface area contributed by atoms with E-state index < -0.39 is 0 Å². The van der Waals surface area contributed by atoms with E-state index in [0.29, 0.717) is 5.41 Å². The monoisotopic (exact) mass is 239 g/mol. The Balaban J connectivity index is 1.90. The Hall–Kier alpha value is -0.0800. The molecule has 100 valence electrons. The van der Waals surface area contributed by atoms with E-state index in [4.69, 9.17) is 4.74 Å². The largest absolute Gasteiger partial charge is 0.360 e. The lowest BCUT2D eigenvalue weighted by Gasteiger charge is -2.49. The molecular weight excluding hydrogens is 210 g/mol. The van der Waals surface area contributed by atoms with E-state index in [0.717, 1.165) is 19.1 Å². The Morgan fingerprint density at radius 1 is 1.12 bits per heavy atom. The molecule has 1 heterocycles. The molecule has 2 heteroatoms. The summed E-state index contributed by atoms with van der Waals surface area (Å²) in [6.07, 6.45) is 8.91. The topological polar surface area (TPSA) is 21.3 Å². The Morgan fingerprint density at radius 3 is 2.18 bits per heavy atom. The van der Waals surface area contributed by atoms with Crippen molar-refractivity contribution in [1.29, 1.82) is 0 Å². The highest BCUT2D eigenvalue weighted by molar-refractivity contribution is 4.93. The van der Waals surface area contributed by atoms with E-state index in [-0.39, 0.29) is 5.72 Å². The molecule has 17 heavy (non-hydrogen) atoms. The van der Waals surface area contributed by atoms with Crippen molar-refractivity contribution in [3.05, 3.63) is 0 Å². The molecule has 1 aliphatic carbocycles. The molecule has 0 aromatic rings. The average Bonchev–Trinajstić information content (AvgIpc) is 2.41. The van der Waals surface area contributed by atoms with Gasteiger partial charge >= 0.3 is 0 Å². The lowest BCUT2D eigenvalue weighted by molar-refractivity contribution is -0.167. The predicted molar refractivity (Wildman–Crippen MR) is 71.9 cm³/mol. The summed E-state index contributed by atoms with van der Waals surface area (Å²) in [5, 5.41) is 3.75. The highest BCUT2D eigenvalue weighted by Gasteiger charge is 2.43. The first-order chi connectivity index (χ1) is 8.17. The Labute approximate surface area is 107 Å². The second kappa shape index (κ2) is 5.27. The van der Waals surface area contributed by atoms with Crippen LogP contribution in [0.1, 0.15) is 65.7 Å². The van der Waals surface area contributed by atoms with Gasteiger partial charge in [0.25, 0.3) is 0 Å². The van der Waals surface area contributed by atoms with Crippen molar-refractivity contribution in [3.8, 4) is 0 Å². The summed E-state index contributed by atoms with van der Waals surface area (Å²) in [6.45, 7) is 9.01. The molecule has 1 saturated heterocycles. The summed E-state index contributed by atoms with van der Waals surface area (Å²) in [5.74, 6) is 0.940. The number of rotatable bonds is 3. The first-order valence-corrected chi connectivity index (χ1v) is 7.56. The van der Waals surface area contributed by atoms with Gasteiger partial charge in [-0.1, -0.05) is 27.2 Å². The number of nitrogens with one attached hydrogen (secondary N) is 1. The number of hydrogen-bond acceptors (Lipinski definition) is 2. The summed E-state index contributed by atoms with van der Waals surface area (Å²) in [4.78, 5) is 0. The molecule has 1 saturated carbocycles. The third kappa shape index (κ3) is 2.68. The molecule has 0 atom stereocenters. The van der Waals surface area contributed by atoms with E-state index >= 15 is 0 Å². The molecule has 0 unspecified atom stereocenters. The Bertz CT molecular complexity index is 227. The van der Waals surface area contributed by atoms with Crippen LogP contribution in [-0.2, 0) is 4.74 Å². The number of hydrogen-bond donors (Lipinski definition) is 1. The zero-order chi connectivity index (χ0) is 12.4. The second-order valence-corrected chi connectivity index (χ2v) is 6.20. The first kappa shape index (κ1) is 13.4. The van der Waals surface area contributed by atoms with Crippen LogP contribution >= 0.6 is 0 Å². The van der Waals surface area contributed by atoms with Crippen molar-refractivity contribution < 1.29 is 4.74 Å². The van der Waals surface area contributed by atoms with Crippen molar-refractivity contribution in [3.63, 3.8) is 0 Å². The molecule has 1 spiro atoms. The van der Waals surface area contributed by atoms with Crippen molar-refractivity contribution in [2.24, 2.45) is 11.3 Å². The lowest BCUT2D eigenvalue weighted by atomic mass is 9.77. The Kier molecular flexibility index (Phi) is 4.14. The van der Waals surface area contributed by atoms with Crippen molar-refractivity contribution in [2.45, 2.75) is 71.4 Å². The maximum Gasteiger partial charge on any atom is 0.119 e. The minimum atomic E-state index is 0.0412. The summed E-state index contributed by atoms with van der Waals surface area (Å²) in [6, 6.07) is 0.